The average Bonchev–Trinajstić information content (AvgIpc) is 2.86. The van der Waals surface area contributed by atoms with Crippen LogP contribution in [0.15, 0.2) is 6.07 Å². The van der Waals surface area contributed by atoms with Crippen molar-refractivity contribution in [2.75, 3.05) is 33.8 Å². The van der Waals surface area contributed by atoms with Crippen LogP contribution in [0.1, 0.15) is 31.3 Å². The molecular formula is C15H26N4O3. The third-order valence-electron chi connectivity index (χ3n) is 3.59. The van der Waals surface area contributed by atoms with Crippen LogP contribution in [0.25, 0.3) is 0 Å². The molecule has 7 heteroatoms. The van der Waals surface area contributed by atoms with Gasteiger partial charge in [0.15, 0.2) is 0 Å². The molecule has 2 rings (SSSR count). The fourth-order valence-electron chi connectivity index (χ4n) is 2.43. The summed E-state index contributed by atoms with van der Waals surface area (Å²) in [4.78, 5) is 15.8. The van der Waals surface area contributed by atoms with Gasteiger partial charge in [0.1, 0.15) is 12.7 Å². The number of amides is 1. The monoisotopic (exact) mass is 310 g/mol. The normalized spacial score (nSPS) is 16.2. The Morgan fingerprint density at radius 3 is 2.82 bits per heavy atom. The molecular weight excluding hydrogens is 284 g/mol. The Hall–Kier alpha value is -1.44. The SMILES string of the molecule is CC(C)OCC(=O)N1CCn2nc(C(O)CN(C)C)cc2C1. The zero-order valence-electron chi connectivity index (χ0n) is 13.8. The van der Waals surface area contributed by atoms with Gasteiger partial charge in [0.05, 0.1) is 30.6 Å². The van der Waals surface area contributed by atoms with Gasteiger partial charge in [0.25, 0.3) is 0 Å². The summed E-state index contributed by atoms with van der Waals surface area (Å²) in [5.41, 5.74) is 1.62. The van der Waals surface area contributed by atoms with E-state index in [-0.39, 0.29) is 18.6 Å². The van der Waals surface area contributed by atoms with Crippen LogP contribution < -0.4 is 0 Å². The number of carbonyl (C=O) groups excluding carboxylic acids is 1. The average molecular weight is 310 g/mol. The first-order valence-electron chi connectivity index (χ1n) is 7.65. The molecule has 0 saturated carbocycles. The first-order valence-corrected chi connectivity index (χ1v) is 7.65. The number of nitrogens with zero attached hydrogens (tertiary/aromatic N) is 4. The number of aromatic nitrogens is 2. The molecule has 1 unspecified atom stereocenters. The van der Waals surface area contributed by atoms with Crippen molar-refractivity contribution < 1.29 is 14.6 Å². The summed E-state index contributed by atoms with van der Waals surface area (Å²) in [6.07, 6.45) is -0.562. The molecule has 0 fully saturated rings. The predicted molar refractivity (Wildman–Crippen MR) is 82.2 cm³/mol. The molecule has 1 aromatic rings. The van der Waals surface area contributed by atoms with E-state index in [2.05, 4.69) is 5.10 Å². The summed E-state index contributed by atoms with van der Waals surface area (Å²) in [6, 6.07) is 1.89. The fraction of sp³-hybridized carbons (Fsp3) is 0.733. The molecule has 7 nitrogen and oxygen atoms in total. The number of carbonyl (C=O) groups is 1. The summed E-state index contributed by atoms with van der Waals surface area (Å²) in [5, 5.41) is 14.6. The lowest BCUT2D eigenvalue weighted by atomic mass is 10.2. The lowest BCUT2D eigenvalue weighted by Gasteiger charge is -2.27. The number of aliphatic hydroxyl groups is 1. The van der Waals surface area contributed by atoms with E-state index < -0.39 is 6.10 Å². The maximum atomic E-state index is 12.1. The Bertz CT molecular complexity index is 513. The van der Waals surface area contributed by atoms with Crippen LogP contribution in [-0.4, -0.2) is 70.5 Å². The highest BCUT2D eigenvalue weighted by Gasteiger charge is 2.24. The highest BCUT2D eigenvalue weighted by atomic mass is 16.5. The number of hydrogen-bond acceptors (Lipinski definition) is 5. The molecule has 2 heterocycles. The first-order chi connectivity index (χ1) is 10.4. The van der Waals surface area contributed by atoms with E-state index >= 15 is 0 Å². The maximum absolute atomic E-state index is 12.1. The van der Waals surface area contributed by atoms with Crippen LogP contribution in [0, 0.1) is 0 Å². The van der Waals surface area contributed by atoms with Crippen LogP contribution in [-0.2, 0) is 22.6 Å². The topological polar surface area (TPSA) is 70.8 Å². The van der Waals surface area contributed by atoms with Gasteiger partial charge in [-0.15, -0.1) is 0 Å². The van der Waals surface area contributed by atoms with Crippen molar-refractivity contribution in [3.63, 3.8) is 0 Å². The van der Waals surface area contributed by atoms with Crippen molar-refractivity contribution in [1.29, 1.82) is 0 Å². The highest BCUT2D eigenvalue weighted by Crippen LogP contribution is 2.18. The second-order valence-electron chi connectivity index (χ2n) is 6.24. The quantitative estimate of drug-likeness (QED) is 0.815. The molecule has 1 aliphatic rings. The first kappa shape index (κ1) is 16.9. The molecule has 1 atom stereocenters. The number of hydrogen-bond donors (Lipinski definition) is 1. The van der Waals surface area contributed by atoms with Gasteiger partial charge in [-0.1, -0.05) is 0 Å². The fourth-order valence-corrected chi connectivity index (χ4v) is 2.43. The highest BCUT2D eigenvalue weighted by molar-refractivity contribution is 5.77. The number of aliphatic hydroxyl groups excluding tert-OH is 1. The molecule has 1 aliphatic heterocycles. The van der Waals surface area contributed by atoms with Gasteiger partial charge in [-0.3, -0.25) is 9.48 Å². The molecule has 0 radical (unpaired) electrons. The Morgan fingerprint density at radius 2 is 2.18 bits per heavy atom. The van der Waals surface area contributed by atoms with E-state index in [1.807, 2.05) is 43.6 Å². The van der Waals surface area contributed by atoms with E-state index in [1.165, 1.54) is 0 Å². The van der Waals surface area contributed by atoms with E-state index in [0.29, 0.717) is 31.9 Å². The molecule has 124 valence electrons. The zero-order chi connectivity index (χ0) is 16.3. The maximum Gasteiger partial charge on any atom is 0.248 e. The Labute approximate surface area is 131 Å². The molecule has 0 spiro atoms. The van der Waals surface area contributed by atoms with Gasteiger partial charge >= 0.3 is 0 Å². The molecule has 1 N–H and O–H groups in total. The minimum atomic E-state index is -0.610. The van der Waals surface area contributed by atoms with Crippen molar-refractivity contribution in [1.82, 2.24) is 19.6 Å². The summed E-state index contributed by atoms with van der Waals surface area (Å²) >= 11 is 0. The Balaban J connectivity index is 1.98. The van der Waals surface area contributed by atoms with Crippen molar-refractivity contribution in [2.24, 2.45) is 0 Å². The summed E-state index contributed by atoms with van der Waals surface area (Å²) < 4.78 is 7.25. The van der Waals surface area contributed by atoms with Gasteiger partial charge in [-0.05, 0) is 34.0 Å². The zero-order valence-corrected chi connectivity index (χ0v) is 13.8. The van der Waals surface area contributed by atoms with Gasteiger partial charge in [0.2, 0.25) is 5.91 Å². The molecule has 22 heavy (non-hydrogen) atoms. The smallest absolute Gasteiger partial charge is 0.248 e. The minimum absolute atomic E-state index is 0.00320. The molecule has 0 aromatic carbocycles. The Kier molecular flexibility index (Phi) is 5.55. The van der Waals surface area contributed by atoms with Gasteiger partial charge in [-0.2, -0.15) is 5.10 Å². The van der Waals surface area contributed by atoms with Crippen molar-refractivity contribution in [3.8, 4) is 0 Å². The molecule has 1 aromatic heterocycles. The van der Waals surface area contributed by atoms with Crippen LogP contribution in [0.4, 0.5) is 0 Å². The van der Waals surface area contributed by atoms with Crippen LogP contribution >= 0.6 is 0 Å². The summed E-state index contributed by atoms with van der Waals surface area (Å²) in [5.74, 6) is -0.00320. The van der Waals surface area contributed by atoms with Crippen molar-refractivity contribution in [3.05, 3.63) is 17.5 Å². The molecule has 0 bridgehead atoms. The van der Waals surface area contributed by atoms with E-state index in [4.69, 9.17) is 4.74 Å². The van der Waals surface area contributed by atoms with Crippen molar-refractivity contribution in [2.45, 2.75) is 39.1 Å². The molecule has 1 amide bonds. The Morgan fingerprint density at radius 1 is 1.45 bits per heavy atom. The van der Waals surface area contributed by atoms with Crippen LogP contribution in [0.2, 0.25) is 0 Å². The van der Waals surface area contributed by atoms with E-state index in [1.54, 1.807) is 4.90 Å². The van der Waals surface area contributed by atoms with Gasteiger partial charge in [-0.25, -0.2) is 0 Å². The number of ether oxygens (including phenoxy) is 1. The van der Waals surface area contributed by atoms with E-state index in [0.717, 1.165) is 5.69 Å². The van der Waals surface area contributed by atoms with Crippen molar-refractivity contribution >= 4 is 5.91 Å². The molecule has 0 saturated heterocycles. The lowest BCUT2D eigenvalue weighted by Crippen LogP contribution is -2.40. The standard InChI is InChI=1S/C15H26N4O3/c1-11(2)22-10-15(21)18-5-6-19-12(8-18)7-13(16-19)14(20)9-17(3)4/h7,11,14,20H,5-6,8-10H2,1-4H3. The third-order valence-corrected chi connectivity index (χ3v) is 3.59. The third kappa shape index (κ3) is 4.28. The van der Waals surface area contributed by atoms with Crippen LogP contribution in [0.5, 0.6) is 0 Å². The summed E-state index contributed by atoms with van der Waals surface area (Å²) in [7, 11) is 3.82. The van der Waals surface area contributed by atoms with Gasteiger partial charge in [0, 0.05) is 13.1 Å². The number of rotatable bonds is 6. The second-order valence-corrected chi connectivity index (χ2v) is 6.24. The van der Waals surface area contributed by atoms with E-state index in [9.17, 15) is 9.90 Å². The predicted octanol–water partition coefficient (Wildman–Crippen LogP) is 0.245. The molecule has 0 aliphatic carbocycles. The second kappa shape index (κ2) is 7.21. The summed E-state index contributed by atoms with van der Waals surface area (Å²) in [6.45, 7) is 6.26. The van der Waals surface area contributed by atoms with Crippen LogP contribution in [0.3, 0.4) is 0 Å². The lowest BCUT2D eigenvalue weighted by molar-refractivity contribution is -0.139. The minimum Gasteiger partial charge on any atom is -0.385 e. The largest absolute Gasteiger partial charge is 0.385 e. The number of likely N-dealkylation sites (N-methyl/N-ethyl adjacent to an activating group) is 1. The van der Waals surface area contributed by atoms with Gasteiger partial charge < -0.3 is 19.6 Å². The number of fused-ring (bicyclic) bond motifs is 1.